The highest BCUT2D eigenvalue weighted by molar-refractivity contribution is 7.98. The van der Waals surface area contributed by atoms with E-state index in [1.807, 2.05) is 44.4 Å². The Hall–Kier alpha value is -5.43. The number of aromatic nitrogens is 3. The minimum absolute atomic E-state index is 0.0289. The Bertz CT molecular complexity index is 1830. The van der Waals surface area contributed by atoms with Crippen LogP contribution in [0.5, 0.6) is 0 Å². The quantitative estimate of drug-likeness (QED) is 0.0586. The van der Waals surface area contributed by atoms with Crippen molar-refractivity contribution in [3.8, 4) is 0 Å². The highest BCUT2D eigenvalue weighted by Crippen LogP contribution is 2.19. The number of nitrogens with zero attached hydrogens (tertiary/aromatic N) is 1. The fourth-order valence-electron chi connectivity index (χ4n) is 5.95. The summed E-state index contributed by atoms with van der Waals surface area (Å²) in [6.45, 7) is 8.05. The Labute approximate surface area is 336 Å². The monoisotopic (exact) mass is 811 g/mol. The summed E-state index contributed by atoms with van der Waals surface area (Å²) in [5.74, 6) is -4.42. The molecular formula is C38H57N11O7S. The standard InChI is InChI=1S/C38H57N11O7S/c1-20(2)13-29(36(54)47-28(33(40)51)11-12-57-6)48-37(55)30(15-24-17-41-19-44-24)46-31(50)18-43-38(56)32(21(3)4)49-34(52)22(5)45-35(53)26(39)14-23-16-42-27-10-8-7-9-25(23)27/h7-10,16-17,19-22,26,28-30,32,42H,11-15,18,39H2,1-6H3,(H2,40,51)(H,41,44)(H,43,56)(H,45,53)(H,46,50)(H,47,54)(H,48,55)(H,49,52)/t22-,26?,28?,29-,30?,32-/m0/s1. The van der Waals surface area contributed by atoms with Crippen LogP contribution in [0.25, 0.3) is 10.9 Å². The molecule has 19 heteroatoms. The largest absolute Gasteiger partial charge is 0.368 e. The van der Waals surface area contributed by atoms with Crippen LogP contribution < -0.4 is 43.4 Å². The van der Waals surface area contributed by atoms with E-state index in [4.69, 9.17) is 11.5 Å². The van der Waals surface area contributed by atoms with Crippen LogP contribution in [0.3, 0.4) is 0 Å². The normalized spacial score (nSPS) is 14.5. The van der Waals surface area contributed by atoms with Gasteiger partial charge in [0.1, 0.15) is 30.2 Å². The number of amides is 7. The molecule has 6 atom stereocenters. The number of thioether (sulfide) groups is 1. The maximum absolute atomic E-state index is 13.7. The van der Waals surface area contributed by atoms with Crippen LogP contribution in [-0.4, -0.2) is 111 Å². The molecule has 2 heterocycles. The molecule has 7 amide bonds. The number of benzene rings is 1. The Morgan fingerprint density at radius 1 is 0.789 bits per heavy atom. The molecule has 3 unspecified atom stereocenters. The summed E-state index contributed by atoms with van der Waals surface area (Å²) in [7, 11) is 0. The zero-order valence-electron chi connectivity index (χ0n) is 33.3. The van der Waals surface area contributed by atoms with Gasteiger partial charge in [0.2, 0.25) is 41.4 Å². The van der Waals surface area contributed by atoms with Crippen molar-refractivity contribution < 1.29 is 33.6 Å². The molecule has 0 saturated heterocycles. The van der Waals surface area contributed by atoms with E-state index in [9.17, 15) is 33.6 Å². The van der Waals surface area contributed by atoms with Crippen molar-refractivity contribution in [2.45, 2.75) is 96.6 Å². The van der Waals surface area contributed by atoms with Gasteiger partial charge in [-0.2, -0.15) is 11.8 Å². The van der Waals surface area contributed by atoms with Gasteiger partial charge in [-0.25, -0.2) is 4.98 Å². The van der Waals surface area contributed by atoms with Gasteiger partial charge in [-0.15, -0.1) is 0 Å². The smallest absolute Gasteiger partial charge is 0.243 e. The Morgan fingerprint density at radius 3 is 2.11 bits per heavy atom. The molecule has 0 aliphatic rings. The molecule has 12 N–H and O–H groups in total. The number of carbonyl (C=O) groups excluding carboxylic acids is 7. The first-order valence-electron chi connectivity index (χ1n) is 18.8. The fourth-order valence-corrected chi connectivity index (χ4v) is 6.42. The second kappa shape index (κ2) is 22.3. The molecule has 1 aromatic carbocycles. The number of nitrogens with one attached hydrogen (secondary N) is 8. The molecule has 3 aromatic rings. The number of para-hydroxylation sites is 1. The predicted molar refractivity (Wildman–Crippen MR) is 217 cm³/mol. The molecule has 0 saturated carbocycles. The number of H-pyrrole nitrogens is 2. The Kier molecular flexibility index (Phi) is 18.0. The second-order valence-corrected chi connectivity index (χ2v) is 15.7. The van der Waals surface area contributed by atoms with Crippen molar-refractivity contribution in [1.29, 1.82) is 0 Å². The highest BCUT2D eigenvalue weighted by atomic mass is 32.2. The van der Waals surface area contributed by atoms with E-state index in [1.54, 1.807) is 20.0 Å². The number of carbonyl (C=O) groups is 7. The molecule has 0 aliphatic heterocycles. The molecule has 312 valence electrons. The highest BCUT2D eigenvalue weighted by Gasteiger charge is 2.31. The van der Waals surface area contributed by atoms with Gasteiger partial charge in [-0.3, -0.25) is 33.6 Å². The van der Waals surface area contributed by atoms with Crippen molar-refractivity contribution in [2.75, 3.05) is 18.6 Å². The third-order valence-corrected chi connectivity index (χ3v) is 9.76. The van der Waals surface area contributed by atoms with Crippen LogP contribution >= 0.6 is 11.8 Å². The molecule has 0 spiro atoms. The summed E-state index contributed by atoms with van der Waals surface area (Å²) >= 11 is 1.49. The van der Waals surface area contributed by atoms with Gasteiger partial charge in [0.15, 0.2) is 0 Å². The summed E-state index contributed by atoms with van der Waals surface area (Å²) in [5, 5.41) is 16.6. The zero-order valence-corrected chi connectivity index (χ0v) is 34.1. The lowest BCUT2D eigenvalue weighted by Gasteiger charge is -2.26. The minimum atomic E-state index is -1.20. The molecule has 2 aromatic heterocycles. The summed E-state index contributed by atoms with van der Waals surface area (Å²) in [6.07, 6.45) is 7.28. The third kappa shape index (κ3) is 14.5. The van der Waals surface area contributed by atoms with Crippen LogP contribution in [0.1, 0.15) is 58.7 Å². The minimum Gasteiger partial charge on any atom is -0.368 e. The first-order valence-corrected chi connectivity index (χ1v) is 20.2. The molecule has 0 aliphatic carbocycles. The van der Waals surface area contributed by atoms with Crippen molar-refractivity contribution in [3.05, 3.63) is 54.2 Å². The van der Waals surface area contributed by atoms with Gasteiger partial charge in [0, 0.05) is 35.4 Å². The van der Waals surface area contributed by atoms with Gasteiger partial charge in [0.05, 0.1) is 18.9 Å². The topological polar surface area (TPSA) is 288 Å². The number of aromatic amines is 2. The van der Waals surface area contributed by atoms with Crippen molar-refractivity contribution in [2.24, 2.45) is 23.3 Å². The van der Waals surface area contributed by atoms with Crippen LogP contribution in [0.15, 0.2) is 43.0 Å². The van der Waals surface area contributed by atoms with E-state index in [2.05, 4.69) is 46.9 Å². The summed E-state index contributed by atoms with van der Waals surface area (Å²) in [5.41, 5.74) is 14.0. The average Bonchev–Trinajstić information content (AvgIpc) is 3.83. The van der Waals surface area contributed by atoms with E-state index in [0.717, 1.165) is 16.5 Å². The molecule has 18 nitrogen and oxygen atoms in total. The first kappa shape index (κ1) is 46.0. The molecule has 3 rings (SSSR count). The van der Waals surface area contributed by atoms with Crippen LogP contribution in [0, 0.1) is 11.8 Å². The van der Waals surface area contributed by atoms with Gasteiger partial charge in [0.25, 0.3) is 0 Å². The Balaban J connectivity index is 1.60. The maximum atomic E-state index is 13.7. The van der Waals surface area contributed by atoms with E-state index >= 15 is 0 Å². The van der Waals surface area contributed by atoms with Gasteiger partial charge in [-0.1, -0.05) is 45.9 Å². The van der Waals surface area contributed by atoms with Crippen LogP contribution in [0.2, 0.25) is 0 Å². The van der Waals surface area contributed by atoms with Gasteiger partial charge in [-0.05, 0) is 61.7 Å². The van der Waals surface area contributed by atoms with E-state index in [1.165, 1.54) is 31.2 Å². The fraction of sp³-hybridized carbons (Fsp3) is 0.526. The second-order valence-electron chi connectivity index (χ2n) is 14.7. The van der Waals surface area contributed by atoms with Gasteiger partial charge >= 0.3 is 0 Å². The summed E-state index contributed by atoms with van der Waals surface area (Å²) in [4.78, 5) is 101. The third-order valence-electron chi connectivity index (χ3n) is 9.11. The predicted octanol–water partition coefficient (Wildman–Crippen LogP) is -0.496. The van der Waals surface area contributed by atoms with E-state index in [0.29, 0.717) is 17.9 Å². The van der Waals surface area contributed by atoms with Gasteiger partial charge < -0.3 is 53.3 Å². The lowest BCUT2D eigenvalue weighted by molar-refractivity contribution is -0.134. The maximum Gasteiger partial charge on any atom is 0.243 e. The van der Waals surface area contributed by atoms with Crippen molar-refractivity contribution >= 4 is 64.0 Å². The molecule has 0 radical (unpaired) electrons. The number of imidazole rings is 1. The van der Waals surface area contributed by atoms with E-state index in [-0.39, 0.29) is 25.2 Å². The number of rotatable bonds is 23. The summed E-state index contributed by atoms with van der Waals surface area (Å²) in [6, 6.07) is 1.38. The van der Waals surface area contributed by atoms with Crippen LogP contribution in [-0.2, 0) is 46.4 Å². The van der Waals surface area contributed by atoms with Crippen molar-refractivity contribution in [3.63, 3.8) is 0 Å². The number of hydrogen-bond acceptors (Lipinski definition) is 10. The lowest BCUT2D eigenvalue weighted by Crippen LogP contribution is -2.58. The number of primary amides is 1. The Morgan fingerprint density at radius 2 is 1.47 bits per heavy atom. The van der Waals surface area contributed by atoms with E-state index < -0.39 is 90.1 Å². The van der Waals surface area contributed by atoms with Crippen LogP contribution in [0.4, 0.5) is 0 Å². The summed E-state index contributed by atoms with van der Waals surface area (Å²) < 4.78 is 0. The first-order chi connectivity index (χ1) is 27.0. The number of hydrogen-bond donors (Lipinski definition) is 10. The SMILES string of the molecule is CSCCC(NC(=O)[C@H](CC(C)C)NC(=O)C(Cc1cnc[nH]1)NC(=O)CNC(=O)[C@@H](NC(=O)[C@H](C)NC(=O)C(N)Cc1c[nH]c2ccccc12)C(C)C)C(N)=O. The lowest BCUT2D eigenvalue weighted by atomic mass is 10.0. The average molecular weight is 812 g/mol. The number of nitrogens with two attached hydrogens (primary N) is 2. The molecule has 0 fully saturated rings. The molecular weight excluding hydrogens is 755 g/mol. The molecule has 0 bridgehead atoms. The molecule has 57 heavy (non-hydrogen) atoms. The number of fused-ring (bicyclic) bond motifs is 1. The van der Waals surface area contributed by atoms with Crippen molar-refractivity contribution in [1.82, 2.24) is 46.9 Å². The zero-order chi connectivity index (χ0) is 42.2.